The molecule has 0 radical (unpaired) electrons. The Hall–Kier alpha value is -1.93. The van der Waals surface area contributed by atoms with Gasteiger partial charge in [-0.1, -0.05) is 6.92 Å². The molecule has 1 saturated heterocycles. The van der Waals surface area contributed by atoms with Gasteiger partial charge in [0.2, 0.25) is 0 Å². The summed E-state index contributed by atoms with van der Waals surface area (Å²) in [5.41, 5.74) is 2.00. The summed E-state index contributed by atoms with van der Waals surface area (Å²) in [4.78, 5) is 15.4. The largest absolute Gasteiger partial charge is 0.338 e. The van der Waals surface area contributed by atoms with Crippen molar-refractivity contribution in [3.8, 4) is 0 Å². The minimum atomic E-state index is 0. The molecule has 30 heavy (non-hydrogen) atoms. The van der Waals surface area contributed by atoms with E-state index in [1.165, 1.54) is 18.5 Å². The van der Waals surface area contributed by atoms with Crippen molar-refractivity contribution >= 4 is 18.3 Å². The first kappa shape index (κ1) is 21.3. The summed E-state index contributed by atoms with van der Waals surface area (Å²) in [6, 6.07) is 0.339. The number of nitrogens with zero attached hydrogens (tertiary/aromatic N) is 6. The van der Waals surface area contributed by atoms with E-state index < -0.39 is 0 Å². The molecule has 1 saturated carbocycles. The second-order valence-electron chi connectivity index (χ2n) is 8.79. The third-order valence-electron chi connectivity index (χ3n) is 6.84. The maximum atomic E-state index is 13.3. The lowest BCUT2D eigenvalue weighted by molar-refractivity contribution is 0.0708. The van der Waals surface area contributed by atoms with Crippen LogP contribution >= 0.6 is 12.4 Å². The fourth-order valence-electron chi connectivity index (χ4n) is 4.75. The number of likely N-dealkylation sites (tertiary alicyclic amines) is 1. The van der Waals surface area contributed by atoms with E-state index in [0.29, 0.717) is 17.9 Å². The van der Waals surface area contributed by atoms with Gasteiger partial charge in [-0.2, -0.15) is 5.10 Å². The minimum absolute atomic E-state index is 0. The van der Waals surface area contributed by atoms with Gasteiger partial charge in [-0.15, -0.1) is 22.6 Å². The first-order valence-corrected chi connectivity index (χ1v) is 11.2. The van der Waals surface area contributed by atoms with Gasteiger partial charge in [0.1, 0.15) is 11.6 Å². The summed E-state index contributed by atoms with van der Waals surface area (Å²) in [6.07, 6.45) is 7.11. The van der Waals surface area contributed by atoms with Gasteiger partial charge in [0, 0.05) is 44.1 Å². The Kier molecular flexibility index (Phi) is 6.16. The topological polar surface area (TPSA) is 80.9 Å². The smallest absolute Gasteiger partial charge is 0.257 e. The Labute approximate surface area is 183 Å². The summed E-state index contributed by atoms with van der Waals surface area (Å²) in [7, 11) is 0. The number of piperidine rings is 1. The molecule has 2 aromatic rings. The lowest BCUT2D eigenvalue weighted by atomic mass is 9.95. The average Bonchev–Trinajstić information content (AvgIpc) is 3.36. The van der Waals surface area contributed by atoms with Gasteiger partial charge in [0.05, 0.1) is 24.0 Å². The van der Waals surface area contributed by atoms with Crippen molar-refractivity contribution in [1.82, 2.24) is 34.8 Å². The van der Waals surface area contributed by atoms with Crippen LogP contribution in [0.1, 0.15) is 91.5 Å². The van der Waals surface area contributed by atoms with E-state index in [1.807, 2.05) is 11.1 Å². The third-order valence-corrected chi connectivity index (χ3v) is 6.84. The van der Waals surface area contributed by atoms with Crippen molar-refractivity contribution < 1.29 is 4.79 Å². The highest BCUT2D eigenvalue weighted by Gasteiger charge is 2.36. The van der Waals surface area contributed by atoms with Gasteiger partial charge in [-0.25, -0.2) is 0 Å². The van der Waals surface area contributed by atoms with Gasteiger partial charge in [0.25, 0.3) is 5.91 Å². The Morgan fingerprint density at radius 3 is 2.63 bits per heavy atom. The number of nitrogens with one attached hydrogen (secondary N) is 1. The number of halogens is 1. The van der Waals surface area contributed by atoms with Crippen molar-refractivity contribution in [3.63, 3.8) is 0 Å². The molecule has 1 unspecified atom stereocenters. The number of hydrogen-bond donors (Lipinski definition) is 1. The summed E-state index contributed by atoms with van der Waals surface area (Å²) < 4.78 is 4.38. The number of carbonyl (C=O) groups excluding carboxylic acids is 1. The predicted octanol–water partition coefficient (Wildman–Crippen LogP) is 2.87. The monoisotopic (exact) mass is 433 g/mol. The van der Waals surface area contributed by atoms with Gasteiger partial charge in [0.15, 0.2) is 0 Å². The van der Waals surface area contributed by atoms with E-state index in [0.717, 1.165) is 69.2 Å². The first-order valence-electron chi connectivity index (χ1n) is 11.2. The normalized spacial score (nSPS) is 20.5. The molecule has 0 spiro atoms. The number of aromatic nitrogens is 5. The molecule has 164 valence electrons. The van der Waals surface area contributed by atoms with E-state index in [9.17, 15) is 4.79 Å². The van der Waals surface area contributed by atoms with Gasteiger partial charge in [-0.3, -0.25) is 9.48 Å². The highest BCUT2D eigenvalue weighted by Crippen LogP contribution is 2.43. The molecule has 2 aliphatic heterocycles. The van der Waals surface area contributed by atoms with Gasteiger partial charge < -0.3 is 14.8 Å². The van der Waals surface area contributed by atoms with Crippen LogP contribution in [-0.2, 0) is 13.1 Å². The maximum Gasteiger partial charge on any atom is 0.257 e. The predicted molar refractivity (Wildman–Crippen MR) is 116 cm³/mol. The Balaban J connectivity index is 0.00000218. The zero-order chi connectivity index (χ0) is 20.0. The van der Waals surface area contributed by atoms with E-state index >= 15 is 0 Å². The molecular formula is C21H32ClN7O. The van der Waals surface area contributed by atoms with Crippen LogP contribution in [0.4, 0.5) is 0 Å². The standard InChI is InChI=1S/C21H31N7O.ClH/c1-3-14(2)28-19(15-4-5-15)17(12-23-28)21(29)26-9-6-16(7-10-26)20-25-24-18-13-22-8-11-27(18)20;/h12,14-16,22H,3-11,13H2,1-2H3;1H. The second kappa shape index (κ2) is 8.67. The highest BCUT2D eigenvalue weighted by molar-refractivity contribution is 5.95. The van der Waals surface area contributed by atoms with Gasteiger partial charge in [-0.05, 0) is 39.0 Å². The van der Waals surface area contributed by atoms with Crippen LogP contribution in [0.2, 0.25) is 0 Å². The Morgan fingerprint density at radius 1 is 1.17 bits per heavy atom. The quantitative estimate of drug-likeness (QED) is 0.784. The molecule has 9 heteroatoms. The molecule has 5 rings (SSSR count). The molecule has 1 aliphatic carbocycles. The lowest BCUT2D eigenvalue weighted by Gasteiger charge is -2.32. The molecule has 3 aliphatic rings. The SMILES string of the molecule is CCC(C)n1ncc(C(=O)N2CCC(c3nnc4n3CCNC4)CC2)c1C1CC1.Cl. The molecule has 2 aromatic heterocycles. The Morgan fingerprint density at radius 2 is 1.93 bits per heavy atom. The van der Waals surface area contributed by atoms with Crippen LogP contribution < -0.4 is 5.32 Å². The molecular weight excluding hydrogens is 402 g/mol. The van der Waals surface area contributed by atoms with Crippen LogP contribution in [-0.4, -0.2) is 55.0 Å². The number of hydrogen-bond acceptors (Lipinski definition) is 5. The summed E-state index contributed by atoms with van der Waals surface area (Å²) in [5, 5.41) is 16.8. The van der Waals surface area contributed by atoms with Crippen molar-refractivity contribution in [2.45, 2.75) is 76.9 Å². The first-order chi connectivity index (χ1) is 14.2. The maximum absolute atomic E-state index is 13.3. The second-order valence-corrected chi connectivity index (χ2v) is 8.79. The number of amides is 1. The molecule has 1 N–H and O–H groups in total. The molecule has 0 aromatic carbocycles. The summed E-state index contributed by atoms with van der Waals surface area (Å²) >= 11 is 0. The number of rotatable bonds is 5. The molecule has 1 atom stereocenters. The van der Waals surface area contributed by atoms with Crippen molar-refractivity contribution in [2.75, 3.05) is 19.6 Å². The summed E-state index contributed by atoms with van der Waals surface area (Å²) in [6.45, 7) is 8.64. The molecule has 2 fully saturated rings. The van der Waals surface area contributed by atoms with Crippen molar-refractivity contribution in [3.05, 3.63) is 29.1 Å². The van der Waals surface area contributed by atoms with E-state index in [-0.39, 0.29) is 18.3 Å². The molecule has 1 amide bonds. The summed E-state index contributed by atoms with van der Waals surface area (Å²) in [5.74, 6) is 3.21. The van der Waals surface area contributed by atoms with Crippen LogP contribution in [0.15, 0.2) is 6.20 Å². The lowest BCUT2D eigenvalue weighted by Crippen LogP contribution is -2.39. The van der Waals surface area contributed by atoms with Crippen molar-refractivity contribution in [2.24, 2.45) is 0 Å². The Bertz CT molecular complexity index is 895. The fraction of sp³-hybridized carbons (Fsp3) is 0.714. The van der Waals surface area contributed by atoms with E-state index in [2.05, 4.69) is 43.7 Å². The molecule has 0 bridgehead atoms. The van der Waals surface area contributed by atoms with Crippen molar-refractivity contribution in [1.29, 1.82) is 0 Å². The molecule has 4 heterocycles. The minimum Gasteiger partial charge on any atom is -0.338 e. The average molecular weight is 434 g/mol. The van der Waals surface area contributed by atoms with Crippen LogP contribution in [0.25, 0.3) is 0 Å². The fourth-order valence-corrected chi connectivity index (χ4v) is 4.75. The highest BCUT2D eigenvalue weighted by atomic mass is 35.5. The number of carbonyl (C=O) groups is 1. The van der Waals surface area contributed by atoms with Crippen LogP contribution in [0.3, 0.4) is 0 Å². The molecule has 8 nitrogen and oxygen atoms in total. The zero-order valence-electron chi connectivity index (χ0n) is 17.9. The van der Waals surface area contributed by atoms with E-state index in [1.54, 1.807) is 0 Å². The van der Waals surface area contributed by atoms with Crippen LogP contribution in [0, 0.1) is 0 Å². The third kappa shape index (κ3) is 3.75. The van der Waals surface area contributed by atoms with Gasteiger partial charge >= 0.3 is 0 Å². The number of fused-ring (bicyclic) bond motifs is 1. The van der Waals surface area contributed by atoms with E-state index in [4.69, 9.17) is 0 Å². The zero-order valence-corrected chi connectivity index (χ0v) is 18.7. The van der Waals surface area contributed by atoms with Crippen LogP contribution in [0.5, 0.6) is 0 Å².